The molecule has 4 rings (SSSR count). The van der Waals surface area contributed by atoms with Gasteiger partial charge in [0.15, 0.2) is 0 Å². The van der Waals surface area contributed by atoms with E-state index in [-0.39, 0.29) is 5.91 Å². The number of carbonyl (C=O) groups is 1. The molecule has 0 spiro atoms. The molecule has 0 radical (unpaired) electrons. The molecule has 5 nitrogen and oxygen atoms in total. The number of benzene rings is 2. The molecule has 0 unspecified atom stereocenters. The van der Waals surface area contributed by atoms with Gasteiger partial charge in [-0.1, -0.05) is 35.3 Å². The summed E-state index contributed by atoms with van der Waals surface area (Å²) in [6, 6.07) is 16.5. The van der Waals surface area contributed by atoms with Gasteiger partial charge in [-0.05, 0) is 48.0 Å². The van der Waals surface area contributed by atoms with Crippen molar-refractivity contribution in [1.29, 1.82) is 0 Å². The molecule has 1 amide bonds. The zero-order valence-electron chi connectivity index (χ0n) is 16.4. The number of furan rings is 1. The van der Waals surface area contributed by atoms with Crippen LogP contribution >= 0.6 is 23.2 Å². The van der Waals surface area contributed by atoms with E-state index < -0.39 is 0 Å². The predicted molar refractivity (Wildman–Crippen MR) is 117 cm³/mol. The summed E-state index contributed by atoms with van der Waals surface area (Å²) in [5.74, 6) is 1.55. The quantitative estimate of drug-likeness (QED) is 0.528. The SMILES string of the molecule is O=C(c1cccc(COc2ccc(Cl)cc2Cl)c1)N1CCN(Cc2ccco2)CC1. The van der Waals surface area contributed by atoms with Crippen molar-refractivity contribution in [2.45, 2.75) is 13.2 Å². The number of rotatable bonds is 6. The fourth-order valence-corrected chi connectivity index (χ4v) is 3.93. The summed E-state index contributed by atoms with van der Waals surface area (Å²) >= 11 is 12.1. The summed E-state index contributed by atoms with van der Waals surface area (Å²) in [5, 5.41) is 1.02. The highest BCUT2D eigenvalue weighted by Crippen LogP contribution is 2.28. The second-order valence-corrected chi connectivity index (χ2v) is 8.06. The van der Waals surface area contributed by atoms with Crippen LogP contribution < -0.4 is 4.74 Å². The Balaban J connectivity index is 1.33. The molecule has 0 saturated carbocycles. The monoisotopic (exact) mass is 444 g/mol. The van der Waals surface area contributed by atoms with Crippen LogP contribution in [0.1, 0.15) is 21.7 Å². The van der Waals surface area contributed by atoms with Gasteiger partial charge in [0.2, 0.25) is 0 Å². The predicted octanol–water partition coefficient (Wildman–Crippen LogP) is 5.12. The van der Waals surface area contributed by atoms with Crippen molar-refractivity contribution in [1.82, 2.24) is 9.80 Å². The Morgan fingerprint density at radius 3 is 2.57 bits per heavy atom. The first-order valence-electron chi connectivity index (χ1n) is 9.79. The molecule has 1 saturated heterocycles. The second kappa shape index (κ2) is 9.56. The van der Waals surface area contributed by atoms with Gasteiger partial charge < -0.3 is 14.1 Å². The summed E-state index contributed by atoms with van der Waals surface area (Å²) in [7, 11) is 0. The number of carbonyl (C=O) groups excluding carboxylic acids is 1. The minimum Gasteiger partial charge on any atom is -0.487 e. The van der Waals surface area contributed by atoms with Crippen LogP contribution in [-0.2, 0) is 13.2 Å². The molecule has 2 heterocycles. The normalized spacial score (nSPS) is 14.7. The first kappa shape index (κ1) is 20.8. The van der Waals surface area contributed by atoms with Crippen LogP contribution in [0, 0.1) is 0 Å². The average molecular weight is 445 g/mol. The molecule has 1 fully saturated rings. The highest BCUT2D eigenvalue weighted by Gasteiger charge is 2.22. The van der Waals surface area contributed by atoms with E-state index in [4.69, 9.17) is 32.4 Å². The van der Waals surface area contributed by atoms with Crippen LogP contribution in [0.4, 0.5) is 0 Å². The van der Waals surface area contributed by atoms with Crippen LogP contribution in [0.5, 0.6) is 5.75 Å². The second-order valence-electron chi connectivity index (χ2n) is 7.21. The van der Waals surface area contributed by atoms with E-state index in [1.165, 1.54) is 0 Å². The number of halogens is 2. The Bertz CT molecular complexity index is 999. The Labute approximate surface area is 185 Å². The zero-order chi connectivity index (χ0) is 20.9. The van der Waals surface area contributed by atoms with Gasteiger partial charge in [0.1, 0.15) is 18.1 Å². The Hall–Kier alpha value is -2.47. The molecular formula is C23H22Cl2N2O3. The third kappa shape index (κ3) is 5.17. The minimum atomic E-state index is 0.0408. The summed E-state index contributed by atoms with van der Waals surface area (Å²) in [6.07, 6.45) is 1.69. The van der Waals surface area contributed by atoms with Crippen LogP contribution in [-0.4, -0.2) is 41.9 Å². The fourth-order valence-electron chi connectivity index (χ4n) is 3.46. The third-order valence-electron chi connectivity index (χ3n) is 5.08. The Morgan fingerprint density at radius 1 is 1.00 bits per heavy atom. The lowest BCUT2D eigenvalue weighted by molar-refractivity contribution is 0.0620. The lowest BCUT2D eigenvalue weighted by Gasteiger charge is -2.34. The van der Waals surface area contributed by atoms with Crippen molar-refractivity contribution in [3.05, 3.63) is 87.8 Å². The first-order chi connectivity index (χ1) is 14.6. The number of hydrogen-bond acceptors (Lipinski definition) is 4. The highest BCUT2D eigenvalue weighted by molar-refractivity contribution is 6.35. The smallest absolute Gasteiger partial charge is 0.253 e. The fraction of sp³-hybridized carbons (Fsp3) is 0.261. The summed E-state index contributed by atoms with van der Waals surface area (Å²) in [4.78, 5) is 17.1. The maximum absolute atomic E-state index is 13.0. The van der Waals surface area contributed by atoms with Crippen LogP contribution in [0.3, 0.4) is 0 Å². The Morgan fingerprint density at radius 2 is 1.83 bits per heavy atom. The number of ether oxygens (including phenoxy) is 1. The van der Waals surface area contributed by atoms with Crippen molar-refractivity contribution in [2.24, 2.45) is 0 Å². The minimum absolute atomic E-state index is 0.0408. The molecule has 0 aliphatic carbocycles. The summed E-state index contributed by atoms with van der Waals surface area (Å²) < 4.78 is 11.2. The number of hydrogen-bond donors (Lipinski definition) is 0. The van der Waals surface area contributed by atoms with Crippen molar-refractivity contribution in [2.75, 3.05) is 26.2 Å². The molecule has 3 aromatic rings. The molecule has 1 aliphatic heterocycles. The summed E-state index contributed by atoms with van der Waals surface area (Å²) in [5.41, 5.74) is 1.57. The third-order valence-corrected chi connectivity index (χ3v) is 5.61. The van der Waals surface area contributed by atoms with Gasteiger partial charge >= 0.3 is 0 Å². The molecule has 0 bridgehead atoms. The Kier molecular flexibility index (Phi) is 6.62. The van der Waals surface area contributed by atoms with Gasteiger partial charge in [-0.3, -0.25) is 9.69 Å². The molecule has 1 aromatic heterocycles. The molecule has 156 valence electrons. The number of amides is 1. The van der Waals surface area contributed by atoms with Gasteiger partial charge in [-0.15, -0.1) is 0 Å². The molecule has 2 aromatic carbocycles. The largest absolute Gasteiger partial charge is 0.487 e. The lowest BCUT2D eigenvalue weighted by Crippen LogP contribution is -2.48. The van der Waals surface area contributed by atoms with E-state index in [0.29, 0.717) is 41.1 Å². The molecule has 1 aliphatic rings. The molecule has 0 atom stereocenters. The summed E-state index contributed by atoms with van der Waals surface area (Å²) in [6.45, 7) is 4.13. The van der Waals surface area contributed by atoms with Crippen molar-refractivity contribution >= 4 is 29.1 Å². The van der Waals surface area contributed by atoms with Gasteiger partial charge in [-0.2, -0.15) is 0 Å². The van der Waals surface area contributed by atoms with Crippen molar-refractivity contribution < 1.29 is 13.9 Å². The number of piperazine rings is 1. The zero-order valence-corrected chi connectivity index (χ0v) is 17.9. The maximum atomic E-state index is 13.0. The van der Waals surface area contributed by atoms with E-state index in [0.717, 1.165) is 31.0 Å². The van der Waals surface area contributed by atoms with E-state index >= 15 is 0 Å². The van der Waals surface area contributed by atoms with Crippen LogP contribution in [0.2, 0.25) is 10.0 Å². The topological polar surface area (TPSA) is 45.9 Å². The molecule has 0 N–H and O–H groups in total. The average Bonchev–Trinajstić information content (AvgIpc) is 3.26. The van der Waals surface area contributed by atoms with Gasteiger partial charge in [-0.25, -0.2) is 0 Å². The number of nitrogens with zero attached hydrogens (tertiary/aromatic N) is 2. The molecule has 7 heteroatoms. The van der Waals surface area contributed by atoms with E-state index in [1.54, 1.807) is 24.5 Å². The molecule has 30 heavy (non-hydrogen) atoms. The lowest BCUT2D eigenvalue weighted by atomic mass is 10.1. The molecular weight excluding hydrogens is 423 g/mol. The van der Waals surface area contributed by atoms with Gasteiger partial charge in [0.25, 0.3) is 5.91 Å². The van der Waals surface area contributed by atoms with Crippen LogP contribution in [0.15, 0.2) is 65.3 Å². The van der Waals surface area contributed by atoms with E-state index in [1.807, 2.05) is 41.3 Å². The van der Waals surface area contributed by atoms with E-state index in [9.17, 15) is 4.79 Å². The highest BCUT2D eigenvalue weighted by atomic mass is 35.5. The van der Waals surface area contributed by atoms with Gasteiger partial charge in [0.05, 0.1) is 17.8 Å². The van der Waals surface area contributed by atoms with Gasteiger partial charge in [0, 0.05) is 36.8 Å². The van der Waals surface area contributed by atoms with Crippen LogP contribution in [0.25, 0.3) is 0 Å². The maximum Gasteiger partial charge on any atom is 0.253 e. The first-order valence-corrected chi connectivity index (χ1v) is 10.5. The van der Waals surface area contributed by atoms with Crippen molar-refractivity contribution in [3.8, 4) is 5.75 Å². The standard InChI is InChI=1S/C23H22Cl2N2O3/c24-19-6-7-22(21(25)14-19)30-16-17-3-1-4-18(13-17)23(28)27-10-8-26(9-11-27)15-20-5-2-12-29-20/h1-7,12-14H,8-11,15-16H2. The van der Waals surface area contributed by atoms with Crippen molar-refractivity contribution in [3.63, 3.8) is 0 Å². The van der Waals surface area contributed by atoms with E-state index in [2.05, 4.69) is 4.90 Å².